The molecule has 0 spiro atoms. The molecule has 17 aromatic rings. The number of hydrogen-bond acceptors (Lipinski definition) is 2. The van der Waals surface area contributed by atoms with Crippen molar-refractivity contribution < 1.29 is 6.85 Å². The van der Waals surface area contributed by atoms with Crippen molar-refractivity contribution in [3.63, 3.8) is 0 Å². The molecule has 514 valence electrons. The SMILES string of the molecule is [2H]c1c([2H])c([2H])c(-c2ccc3c(c2)N(c2cc(-c4ccccc4)cc(-c4ccccc4)c2)c2cc(-n4c5ccccc5c5cc(-n6c7ccccc7c7ccccc76)ccc54)cc4c2B3c2ccc(-c3cc(C(C)(C)C)cc(C(C)(C)C)c3)cc2N4c2c(-c3ccccc3)cc(C(C)(C)C)cc2-c2ccccc2)c([2H])c1[2H]. The van der Waals surface area contributed by atoms with Gasteiger partial charge in [0.25, 0.3) is 6.71 Å². The highest BCUT2D eigenvalue weighted by atomic mass is 15.2. The van der Waals surface area contributed by atoms with Gasteiger partial charge in [-0.25, -0.2) is 0 Å². The highest BCUT2D eigenvalue weighted by Crippen LogP contribution is 2.54. The van der Waals surface area contributed by atoms with E-state index in [2.05, 4.69) is 385 Å². The van der Waals surface area contributed by atoms with E-state index in [1.165, 1.54) is 27.5 Å². The molecule has 4 heterocycles. The Morgan fingerprint density at radius 1 is 0.262 bits per heavy atom. The minimum atomic E-state index is -0.447. The quantitative estimate of drug-likeness (QED) is 0.127. The Kier molecular flexibility index (Phi) is 14.1. The summed E-state index contributed by atoms with van der Waals surface area (Å²) >= 11 is 0. The minimum Gasteiger partial charge on any atom is -0.311 e. The van der Waals surface area contributed by atoms with Gasteiger partial charge in [0, 0.05) is 66.8 Å². The van der Waals surface area contributed by atoms with Crippen LogP contribution in [-0.2, 0) is 16.2 Å². The zero-order chi connectivity index (χ0) is 77.0. The topological polar surface area (TPSA) is 16.3 Å². The second-order valence-corrected chi connectivity index (χ2v) is 32.2. The van der Waals surface area contributed by atoms with E-state index < -0.39 is 12.8 Å². The van der Waals surface area contributed by atoms with Crippen molar-refractivity contribution in [3.8, 4) is 78.1 Å². The summed E-state index contributed by atoms with van der Waals surface area (Å²) in [6, 6.07) is 112. The van der Waals surface area contributed by atoms with Crippen LogP contribution in [0.25, 0.3) is 122 Å². The van der Waals surface area contributed by atoms with Gasteiger partial charge in [-0.1, -0.05) is 311 Å². The second kappa shape index (κ2) is 25.1. The molecule has 0 saturated heterocycles. The van der Waals surface area contributed by atoms with Crippen LogP contribution in [0.4, 0.5) is 34.1 Å². The van der Waals surface area contributed by atoms with E-state index in [-0.39, 0.29) is 46.0 Å². The monoisotopic (exact) mass is 1380 g/mol. The van der Waals surface area contributed by atoms with Gasteiger partial charge in [-0.3, -0.25) is 0 Å². The average molecular weight is 1380 g/mol. The van der Waals surface area contributed by atoms with Crippen molar-refractivity contribution in [1.29, 1.82) is 0 Å². The molecule has 2 aromatic heterocycles. The van der Waals surface area contributed by atoms with Gasteiger partial charge in [0.1, 0.15) is 0 Å². The number of benzene rings is 15. The number of fused-ring (bicyclic) bond motifs is 10. The summed E-state index contributed by atoms with van der Waals surface area (Å²) in [6.45, 7) is 20.4. The molecule has 2 aliphatic heterocycles. The third-order valence-corrected chi connectivity index (χ3v) is 22.4. The maximum absolute atomic E-state index is 9.67. The Labute approximate surface area is 635 Å². The van der Waals surface area contributed by atoms with E-state index in [9.17, 15) is 5.48 Å². The van der Waals surface area contributed by atoms with Gasteiger partial charge in [0.05, 0.1) is 40.3 Å². The van der Waals surface area contributed by atoms with E-state index in [4.69, 9.17) is 1.37 Å². The zero-order valence-electron chi connectivity index (χ0n) is 66.8. The molecule has 0 fully saturated rings. The number of anilines is 6. The normalized spacial score (nSPS) is 13.5. The summed E-state index contributed by atoms with van der Waals surface area (Å²) in [4.78, 5) is 5.07. The summed E-state index contributed by atoms with van der Waals surface area (Å²) in [5.74, 6) is 0. The largest absolute Gasteiger partial charge is 0.311 e. The van der Waals surface area contributed by atoms with E-state index in [0.29, 0.717) is 5.56 Å². The number of rotatable bonds is 10. The maximum atomic E-state index is 9.67. The molecular formula is C102H83BN4. The molecule has 0 unspecified atom stereocenters. The standard InChI is InChI=1S/C102H83BN4/c1-100(2,3)76-54-75(55-77(60-76)101(4,5)6)72-48-51-89-95(59-72)107(99-85(69-37-21-13-22-38-69)61-78(102(7,8)9)62-86(99)70-39-23-14-24-40-70)97-65-81(105-92-46-30-27-43-84(92)87-63-79(49-52-93(87)105)104-90-44-28-25-41-82(90)83-42-26-29-45-91(83)104)64-96-98(97)103(89)88-50-47-71(66-31-15-10-16-32-66)58-94(88)106(96)80-56-73(67-33-17-11-18-34-67)53-74(57-80)68-35-19-12-20-36-68/h10-65H,1-9H3/i10D,15D,16D,31D,32D. The Morgan fingerprint density at radius 3 is 1.16 bits per heavy atom. The second-order valence-electron chi connectivity index (χ2n) is 32.2. The van der Waals surface area contributed by atoms with Gasteiger partial charge >= 0.3 is 0 Å². The molecule has 0 aliphatic carbocycles. The van der Waals surface area contributed by atoms with E-state index >= 15 is 0 Å². The molecule has 19 rings (SSSR count). The zero-order valence-corrected chi connectivity index (χ0v) is 61.8. The van der Waals surface area contributed by atoms with Gasteiger partial charge < -0.3 is 18.9 Å². The fourth-order valence-electron chi connectivity index (χ4n) is 16.9. The number of hydrogen-bond donors (Lipinski definition) is 0. The smallest absolute Gasteiger partial charge is 0.252 e. The average Bonchev–Trinajstić information content (AvgIpc) is 0.742. The Hall–Kier alpha value is -12.4. The summed E-state index contributed by atoms with van der Waals surface area (Å²) in [5.41, 5.74) is 29.5. The lowest BCUT2D eigenvalue weighted by Gasteiger charge is -2.45. The fourth-order valence-corrected chi connectivity index (χ4v) is 16.9. The maximum Gasteiger partial charge on any atom is 0.252 e. The lowest BCUT2D eigenvalue weighted by Crippen LogP contribution is -2.61. The molecule has 15 aromatic carbocycles. The molecule has 4 nitrogen and oxygen atoms in total. The summed E-state index contributed by atoms with van der Waals surface area (Å²) < 4.78 is 51.4. The molecule has 0 saturated carbocycles. The highest BCUT2D eigenvalue weighted by Gasteiger charge is 2.46. The molecule has 107 heavy (non-hydrogen) atoms. The van der Waals surface area contributed by atoms with Gasteiger partial charge in [-0.2, -0.15) is 0 Å². The van der Waals surface area contributed by atoms with Crippen molar-refractivity contribution in [2.24, 2.45) is 0 Å². The van der Waals surface area contributed by atoms with Crippen LogP contribution in [0.1, 0.15) is 85.9 Å². The van der Waals surface area contributed by atoms with Crippen LogP contribution in [0.5, 0.6) is 0 Å². The summed E-state index contributed by atoms with van der Waals surface area (Å²) in [7, 11) is 0. The van der Waals surface area contributed by atoms with E-state index in [1.54, 1.807) is 0 Å². The first-order chi connectivity index (χ1) is 54.0. The number of para-hydroxylation sites is 3. The predicted octanol–water partition coefficient (Wildman–Crippen LogP) is 25.9. The van der Waals surface area contributed by atoms with Crippen molar-refractivity contribution in [2.75, 3.05) is 9.80 Å². The molecule has 2 aliphatic rings. The number of aromatic nitrogens is 2. The van der Waals surface area contributed by atoms with Gasteiger partial charge in [0.2, 0.25) is 0 Å². The first-order valence-electron chi connectivity index (χ1n) is 39.9. The van der Waals surface area contributed by atoms with Crippen LogP contribution in [0.15, 0.2) is 340 Å². The van der Waals surface area contributed by atoms with Crippen LogP contribution in [-0.4, -0.2) is 15.8 Å². The Morgan fingerprint density at radius 2 is 0.664 bits per heavy atom. The number of nitrogens with zero attached hydrogens (tertiary/aromatic N) is 4. The lowest BCUT2D eigenvalue weighted by molar-refractivity contribution is 0.569. The highest BCUT2D eigenvalue weighted by molar-refractivity contribution is 7.00. The summed E-state index contributed by atoms with van der Waals surface area (Å²) in [6.07, 6.45) is 0. The van der Waals surface area contributed by atoms with Gasteiger partial charge in [0.15, 0.2) is 0 Å². The summed E-state index contributed by atoms with van der Waals surface area (Å²) in [5, 5.41) is 4.60. The van der Waals surface area contributed by atoms with E-state index in [0.717, 1.165) is 150 Å². The van der Waals surface area contributed by atoms with Crippen LogP contribution in [0, 0.1) is 0 Å². The van der Waals surface area contributed by atoms with Gasteiger partial charge in [-0.15, -0.1) is 0 Å². The Balaban J connectivity index is 1.00. The molecule has 0 atom stereocenters. The molecule has 5 heteroatoms. The molecule has 0 radical (unpaired) electrons. The minimum absolute atomic E-state index is 0.134. The molecule has 0 amide bonds. The first kappa shape index (κ1) is 59.9. The lowest BCUT2D eigenvalue weighted by atomic mass is 9.33. The van der Waals surface area contributed by atoms with Crippen LogP contribution in [0.2, 0.25) is 0 Å². The third kappa shape index (κ3) is 11.1. The van der Waals surface area contributed by atoms with Crippen LogP contribution in [0.3, 0.4) is 0 Å². The molecule has 0 N–H and O–H groups in total. The van der Waals surface area contributed by atoms with Crippen molar-refractivity contribution in [3.05, 3.63) is 356 Å². The predicted molar refractivity (Wildman–Crippen MR) is 458 cm³/mol. The molecular weight excluding hydrogens is 1290 g/mol. The van der Waals surface area contributed by atoms with Crippen LogP contribution < -0.4 is 26.2 Å². The first-order valence-corrected chi connectivity index (χ1v) is 37.4. The Bertz CT molecular complexity index is 6470. The molecule has 0 bridgehead atoms. The fraction of sp³-hybridized carbons (Fsp3) is 0.118. The van der Waals surface area contributed by atoms with E-state index in [1.807, 2.05) is 6.07 Å². The van der Waals surface area contributed by atoms with Crippen molar-refractivity contribution >= 4 is 101 Å². The third-order valence-electron chi connectivity index (χ3n) is 22.4. The van der Waals surface area contributed by atoms with Crippen molar-refractivity contribution in [2.45, 2.75) is 78.6 Å². The van der Waals surface area contributed by atoms with Crippen LogP contribution >= 0.6 is 0 Å². The van der Waals surface area contributed by atoms with Gasteiger partial charge in [-0.05, 0) is 196 Å². The van der Waals surface area contributed by atoms with Crippen molar-refractivity contribution in [1.82, 2.24) is 9.13 Å².